The largest absolute Gasteiger partial charge is 0.479 e. The van der Waals surface area contributed by atoms with Crippen LogP contribution in [0.5, 0.6) is 5.75 Å². The van der Waals surface area contributed by atoms with E-state index in [4.69, 9.17) is 14.6 Å². The normalized spacial score (nSPS) is 30.1. The van der Waals surface area contributed by atoms with Crippen molar-refractivity contribution >= 4 is 5.97 Å². The maximum atomic E-state index is 11.2. The van der Waals surface area contributed by atoms with Gasteiger partial charge in [0.2, 0.25) is 6.29 Å². The van der Waals surface area contributed by atoms with E-state index in [9.17, 15) is 20.1 Å². The molecule has 1 aromatic rings. The van der Waals surface area contributed by atoms with Crippen molar-refractivity contribution in [1.82, 2.24) is 4.90 Å². The third kappa shape index (κ3) is 5.21. The maximum Gasteiger partial charge on any atom is 0.335 e. The van der Waals surface area contributed by atoms with E-state index in [0.717, 1.165) is 18.5 Å². The fourth-order valence-electron chi connectivity index (χ4n) is 3.77. The standard InChI is InChI=1S/C20H31NO7/c1-5-14(11(2)10-21(3)4)12-7-6-8-13(9-12)27-20-17(24)15(22)16(23)18(28-20)19(25)26/h6-9,11,14-18,20,22-24H,5,10H2,1-4H3,(H,25,26)/t11-,14+,15?,16?,17?,18?,20?/m0/s1. The van der Waals surface area contributed by atoms with Gasteiger partial charge in [-0.15, -0.1) is 0 Å². The number of nitrogens with zero attached hydrogens (tertiary/aromatic N) is 1. The molecule has 0 aromatic heterocycles. The minimum Gasteiger partial charge on any atom is -0.479 e. The topological polar surface area (TPSA) is 120 Å². The van der Waals surface area contributed by atoms with Crippen LogP contribution in [0.2, 0.25) is 0 Å². The highest BCUT2D eigenvalue weighted by molar-refractivity contribution is 5.73. The molecule has 0 saturated carbocycles. The molecule has 1 aromatic carbocycles. The van der Waals surface area contributed by atoms with Gasteiger partial charge in [-0.05, 0) is 50.0 Å². The molecule has 5 unspecified atom stereocenters. The molecule has 0 bridgehead atoms. The van der Waals surface area contributed by atoms with E-state index in [0.29, 0.717) is 17.6 Å². The van der Waals surface area contributed by atoms with Crippen LogP contribution in [0.1, 0.15) is 31.7 Å². The predicted molar refractivity (Wildman–Crippen MR) is 102 cm³/mol. The van der Waals surface area contributed by atoms with Crippen molar-refractivity contribution in [2.24, 2.45) is 5.92 Å². The Labute approximate surface area is 165 Å². The summed E-state index contributed by atoms with van der Waals surface area (Å²) in [6.45, 7) is 5.23. The van der Waals surface area contributed by atoms with Gasteiger partial charge in [0.15, 0.2) is 6.10 Å². The molecule has 4 N–H and O–H groups in total. The van der Waals surface area contributed by atoms with Crippen molar-refractivity contribution in [1.29, 1.82) is 0 Å². The van der Waals surface area contributed by atoms with Crippen LogP contribution in [-0.2, 0) is 9.53 Å². The van der Waals surface area contributed by atoms with Crippen LogP contribution < -0.4 is 4.74 Å². The predicted octanol–water partition coefficient (Wildman–Crippen LogP) is 0.649. The van der Waals surface area contributed by atoms with Crippen molar-refractivity contribution in [2.45, 2.75) is 56.9 Å². The quantitative estimate of drug-likeness (QED) is 0.505. The fourth-order valence-corrected chi connectivity index (χ4v) is 3.77. The van der Waals surface area contributed by atoms with Gasteiger partial charge in [-0.1, -0.05) is 26.0 Å². The van der Waals surface area contributed by atoms with Crippen LogP contribution in [0, 0.1) is 5.92 Å². The van der Waals surface area contributed by atoms with Gasteiger partial charge in [0.25, 0.3) is 0 Å². The number of aliphatic carboxylic acids is 1. The zero-order valence-corrected chi connectivity index (χ0v) is 16.7. The second-order valence-corrected chi connectivity index (χ2v) is 7.68. The van der Waals surface area contributed by atoms with E-state index in [-0.39, 0.29) is 0 Å². The molecule has 1 fully saturated rings. The molecule has 8 heteroatoms. The minimum atomic E-state index is -1.74. The molecule has 7 atom stereocenters. The molecule has 0 aliphatic carbocycles. The molecule has 158 valence electrons. The fraction of sp³-hybridized carbons (Fsp3) is 0.650. The molecule has 1 heterocycles. The van der Waals surface area contributed by atoms with Gasteiger partial charge in [-0.2, -0.15) is 0 Å². The summed E-state index contributed by atoms with van der Waals surface area (Å²) in [5.41, 5.74) is 1.06. The molecule has 1 saturated heterocycles. The highest BCUT2D eigenvalue weighted by Gasteiger charge is 2.48. The molecule has 2 rings (SSSR count). The Morgan fingerprint density at radius 2 is 1.89 bits per heavy atom. The number of rotatable bonds is 8. The lowest BCUT2D eigenvalue weighted by Gasteiger charge is -2.38. The average molecular weight is 397 g/mol. The van der Waals surface area contributed by atoms with Crippen molar-refractivity contribution in [3.05, 3.63) is 29.8 Å². The first-order valence-corrected chi connectivity index (χ1v) is 9.49. The molecule has 28 heavy (non-hydrogen) atoms. The highest BCUT2D eigenvalue weighted by Crippen LogP contribution is 2.32. The third-order valence-corrected chi connectivity index (χ3v) is 5.13. The van der Waals surface area contributed by atoms with Crippen molar-refractivity contribution in [2.75, 3.05) is 20.6 Å². The number of aliphatic hydroxyl groups excluding tert-OH is 3. The number of carbonyl (C=O) groups is 1. The first-order valence-electron chi connectivity index (χ1n) is 9.49. The maximum absolute atomic E-state index is 11.2. The lowest BCUT2D eigenvalue weighted by atomic mass is 9.85. The summed E-state index contributed by atoms with van der Waals surface area (Å²) < 4.78 is 10.8. The minimum absolute atomic E-state index is 0.294. The third-order valence-electron chi connectivity index (χ3n) is 5.13. The highest BCUT2D eigenvalue weighted by atomic mass is 16.7. The Balaban J connectivity index is 2.18. The Bertz CT molecular complexity index is 653. The van der Waals surface area contributed by atoms with Gasteiger partial charge < -0.3 is 34.8 Å². The summed E-state index contributed by atoms with van der Waals surface area (Å²) >= 11 is 0. The van der Waals surface area contributed by atoms with Crippen LogP contribution in [0.3, 0.4) is 0 Å². The van der Waals surface area contributed by atoms with E-state index in [1.54, 1.807) is 6.07 Å². The summed E-state index contributed by atoms with van der Waals surface area (Å²) in [5, 5.41) is 39.0. The van der Waals surface area contributed by atoms with Gasteiger partial charge in [0.05, 0.1) is 0 Å². The van der Waals surface area contributed by atoms with Gasteiger partial charge in [0, 0.05) is 6.54 Å². The molecular weight excluding hydrogens is 366 g/mol. The Morgan fingerprint density at radius 3 is 2.46 bits per heavy atom. The van der Waals surface area contributed by atoms with Crippen molar-refractivity contribution in [3.8, 4) is 5.75 Å². The van der Waals surface area contributed by atoms with E-state index in [2.05, 4.69) is 18.7 Å². The van der Waals surface area contributed by atoms with Crippen LogP contribution >= 0.6 is 0 Å². The first kappa shape index (κ1) is 22.6. The van der Waals surface area contributed by atoms with E-state index in [1.807, 2.05) is 32.3 Å². The second-order valence-electron chi connectivity index (χ2n) is 7.68. The summed E-state index contributed by atoms with van der Waals surface area (Å²) in [6, 6.07) is 7.34. The van der Waals surface area contributed by atoms with Crippen LogP contribution in [0.4, 0.5) is 0 Å². The molecule has 1 aliphatic rings. The van der Waals surface area contributed by atoms with Crippen LogP contribution in [0.15, 0.2) is 24.3 Å². The number of hydrogen-bond donors (Lipinski definition) is 4. The SMILES string of the molecule is CC[C@@H](c1cccc(OC2OC(C(=O)O)C(O)C(O)C2O)c1)[C@@H](C)CN(C)C. The Morgan fingerprint density at radius 1 is 1.21 bits per heavy atom. The van der Waals surface area contributed by atoms with E-state index in [1.165, 1.54) is 0 Å². The second kappa shape index (κ2) is 9.67. The number of hydrogen-bond acceptors (Lipinski definition) is 7. The molecular formula is C20H31NO7. The molecule has 0 amide bonds. The lowest BCUT2D eigenvalue weighted by Crippen LogP contribution is -2.61. The average Bonchev–Trinajstić information content (AvgIpc) is 2.62. The van der Waals surface area contributed by atoms with Gasteiger partial charge in [0.1, 0.15) is 24.1 Å². The lowest BCUT2D eigenvalue weighted by molar-refractivity contribution is -0.271. The Hall–Kier alpha value is -1.71. The number of benzene rings is 1. The van der Waals surface area contributed by atoms with Gasteiger partial charge in [-0.3, -0.25) is 0 Å². The number of carboxylic acid groups (broad SMARTS) is 1. The number of carboxylic acids is 1. The zero-order chi connectivity index (χ0) is 21.0. The van der Waals surface area contributed by atoms with Gasteiger partial charge >= 0.3 is 5.97 Å². The monoisotopic (exact) mass is 397 g/mol. The molecule has 0 spiro atoms. The van der Waals surface area contributed by atoms with Crippen LogP contribution in [0.25, 0.3) is 0 Å². The Kier molecular flexibility index (Phi) is 7.79. The number of aliphatic hydroxyl groups is 3. The smallest absolute Gasteiger partial charge is 0.335 e. The molecule has 8 nitrogen and oxygen atoms in total. The summed E-state index contributed by atoms with van der Waals surface area (Å²) in [4.78, 5) is 13.4. The first-order chi connectivity index (χ1) is 13.1. The van der Waals surface area contributed by atoms with E-state index >= 15 is 0 Å². The van der Waals surface area contributed by atoms with Crippen LogP contribution in [-0.4, -0.2) is 82.6 Å². The van der Waals surface area contributed by atoms with Gasteiger partial charge in [-0.25, -0.2) is 4.79 Å². The summed E-state index contributed by atoms with van der Waals surface area (Å²) in [7, 11) is 4.06. The van der Waals surface area contributed by atoms with E-state index < -0.39 is 36.7 Å². The summed E-state index contributed by atoms with van der Waals surface area (Å²) in [5.74, 6) is -0.350. The number of ether oxygens (including phenoxy) is 2. The molecule has 0 radical (unpaired) electrons. The zero-order valence-electron chi connectivity index (χ0n) is 16.7. The summed E-state index contributed by atoms with van der Waals surface area (Å²) in [6.07, 6.45) is -7.16. The molecule has 1 aliphatic heterocycles. The van der Waals surface area contributed by atoms with Crippen molar-refractivity contribution in [3.63, 3.8) is 0 Å². The van der Waals surface area contributed by atoms with Crippen molar-refractivity contribution < 1.29 is 34.7 Å².